The van der Waals surface area contributed by atoms with Crippen LogP contribution >= 0.6 is 12.0 Å². The van der Waals surface area contributed by atoms with Crippen molar-refractivity contribution in [1.82, 2.24) is 5.32 Å². The molecule has 21 heavy (non-hydrogen) atoms. The number of nitrogens with one attached hydrogen (secondary N) is 1. The molecule has 0 saturated carbocycles. The van der Waals surface area contributed by atoms with E-state index in [1.165, 1.54) is 23.3 Å². The Balaban J connectivity index is 1.64. The van der Waals surface area contributed by atoms with Crippen LogP contribution in [0.4, 0.5) is 5.69 Å². The Hall–Kier alpha value is -1.65. The molecule has 0 unspecified atom stereocenters. The van der Waals surface area contributed by atoms with Crippen molar-refractivity contribution in [2.24, 2.45) is 0 Å². The van der Waals surface area contributed by atoms with Crippen molar-refractivity contribution in [3.63, 3.8) is 0 Å². The highest BCUT2D eigenvalue weighted by Crippen LogP contribution is 2.27. The van der Waals surface area contributed by atoms with Crippen molar-refractivity contribution < 1.29 is 4.18 Å². The van der Waals surface area contributed by atoms with Gasteiger partial charge in [-0.05, 0) is 31.2 Å². The number of aryl methyl sites for hydroxylation is 1. The van der Waals surface area contributed by atoms with Crippen molar-refractivity contribution in [3.8, 4) is 5.75 Å². The highest BCUT2D eigenvalue weighted by atomic mass is 32.2. The lowest BCUT2D eigenvalue weighted by Crippen LogP contribution is -2.43. The monoisotopic (exact) mass is 300 g/mol. The van der Waals surface area contributed by atoms with Gasteiger partial charge in [0, 0.05) is 42.8 Å². The number of anilines is 1. The number of rotatable bonds is 4. The molecule has 0 spiro atoms. The van der Waals surface area contributed by atoms with Gasteiger partial charge < -0.3 is 14.4 Å². The van der Waals surface area contributed by atoms with Crippen LogP contribution in [0, 0.1) is 6.92 Å². The zero-order chi connectivity index (χ0) is 14.5. The van der Waals surface area contributed by atoms with Gasteiger partial charge in [-0.25, -0.2) is 0 Å². The molecule has 3 nitrogen and oxygen atoms in total. The summed E-state index contributed by atoms with van der Waals surface area (Å²) in [6.45, 7) is 6.28. The molecule has 1 N–H and O–H groups in total. The Labute approximate surface area is 130 Å². The van der Waals surface area contributed by atoms with Crippen LogP contribution in [0.15, 0.2) is 53.4 Å². The summed E-state index contributed by atoms with van der Waals surface area (Å²) in [6, 6.07) is 16.7. The van der Waals surface area contributed by atoms with Crippen LogP contribution in [-0.4, -0.2) is 26.2 Å². The predicted octanol–water partition coefficient (Wildman–Crippen LogP) is 3.49. The van der Waals surface area contributed by atoms with Gasteiger partial charge in [0.1, 0.15) is 5.75 Å². The van der Waals surface area contributed by atoms with E-state index in [1.807, 2.05) is 6.07 Å². The molecule has 2 aromatic carbocycles. The summed E-state index contributed by atoms with van der Waals surface area (Å²) in [5.41, 5.74) is 2.50. The van der Waals surface area contributed by atoms with E-state index in [1.54, 1.807) is 0 Å². The normalized spacial score (nSPS) is 15.0. The molecule has 0 atom stereocenters. The van der Waals surface area contributed by atoms with Gasteiger partial charge in [0.05, 0.1) is 12.0 Å². The number of benzene rings is 2. The maximum Gasteiger partial charge on any atom is 0.139 e. The molecule has 0 aliphatic carbocycles. The second kappa shape index (κ2) is 6.87. The standard InChI is InChI=1S/C17H20N2OS/c1-14-5-7-17(8-6-14)21-20-16-4-2-3-15(13-16)19-11-9-18-10-12-19/h2-8,13,18H,9-12H2,1H3. The zero-order valence-electron chi connectivity index (χ0n) is 12.2. The quantitative estimate of drug-likeness (QED) is 0.874. The van der Waals surface area contributed by atoms with Crippen molar-refractivity contribution in [1.29, 1.82) is 0 Å². The molecule has 0 bridgehead atoms. The summed E-state index contributed by atoms with van der Waals surface area (Å²) in [6.07, 6.45) is 0. The minimum atomic E-state index is 0.900. The van der Waals surface area contributed by atoms with E-state index in [-0.39, 0.29) is 0 Å². The van der Waals surface area contributed by atoms with E-state index in [4.69, 9.17) is 4.18 Å². The number of hydrogen-bond donors (Lipinski definition) is 1. The van der Waals surface area contributed by atoms with Crippen LogP contribution in [0.2, 0.25) is 0 Å². The van der Waals surface area contributed by atoms with Crippen molar-refractivity contribution in [2.75, 3.05) is 31.1 Å². The van der Waals surface area contributed by atoms with Gasteiger partial charge in [0.2, 0.25) is 0 Å². The van der Waals surface area contributed by atoms with E-state index < -0.39 is 0 Å². The SMILES string of the molecule is Cc1ccc(SOc2cccc(N3CCNCC3)c2)cc1. The second-order valence-corrected chi connectivity index (χ2v) is 6.02. The molecule has 1 aliphatic rings. The van der Waals surface area contributed by atoms with Crippen molar-refractivity contribution >= 4 is 17.7 Å². The molecule has 1 heterocycles. The Morgan fingerprint density at radius 1 is 1.05 bits per heavy atom. The topological polar surface area (TPSA) is 24.5 Å². The van der Waals surface area contributed by atoms with E-state index in [2.05, 4.69) is 59.6 Å². The molecule has 1 fully saturated rings. The summed E-state index contributed by atoms with van der Waals surface area (Å²) < 4.78 is 5.84. The molecular weight excluding hydrogens is 280 g/mol. The highest BCUT2D eigenvalue weighted by molar-refractivity contribution is 7.95. The molecule has 110 valence electrons. The molecule has 0 aromatic heterocycles. The first-order valence-electron chi connectivity index (χ1n) is 7.28. The maximum atomic E-state index is 5.84. The predicted molar refractivity (Wildman–Crippen MR) is 89.2 cm³/mol. The average Bonchev–Trinajstić information content (AvgIpc) is 2.55. The lowest BCUT2D eigenvalue weighted by atomic mass is 10.2. The van der Waals surface area contributed by atoms with Gasteiger partial charge in [0.25, 0.3) is 0 Å². The fraction of sp³-hybridized carbons (Fsp3) is 0.294. The molecule has 1 saturated heterocycles. The van der Waals surface area contributed by atoms with Gasteiger partial charge in [-0.3, -0.25) is 0 Å². The van der Waals surface area contributed by atoms with Crippen molar-refractivity contribution in [3.05, 3.63) is 54.1 Å². The Morgan fingerprint density at radius 3 is 2.57 bits per heavy atom. The van der Waals surface area contributed by atoms with Crippen LogP contribution in [-0.2, 0) is 0 Å². The largest absolute Gasteiger partial charge is 0.421 e. The summed E-state index contributed by atoms with van der Waals surface area (Å²) >= 11 is 1.41. The van der Waals surface area contributed by atoms with Crippen LogP contribution in [0.3, 0.4) is 0 Å². The first kappa shape index (κ1) is 14.3. The molecule has 4 heteroatoms. The van der Waals surface area contributed by atoms with Crippen LogP contribution < -0.4 is 14.4 Å². The Morgan fingerprint density at radius 2 is 1.81 bits per heavy atom. The smallest absolute Gasteiger partial charge is 0.139 e. The third-order valence-corrected chi connectivity index (χ3v) is 4.30. The number of piperazine rings is 1. The summed E-state index contributed by atoms with van der Waals surface area (Å²) in [5.74, 6) is 0.900. The minimum absolute atomic E-state index is 0.900. The fourth-order valence-corrected chi connectivity index (χ4v) is 2.89. The lowest BCUT2D eigenvalue weighted by molar-refractivity contribution is 0.587. The third-order valence-electron chi connectivity index (χ3n) is 3.55. The number of nitrogens with zero attached hydrogens (tertiary/aromatic N) is 1. The summed E-state index contributed by atoms with van der Waals surface area (Å²) in [7, 11) is 0. The zero-order valence-corrected chi connectivity index (χ0v) is 13.0. The van der Waals surface area contributed by atoms with Crippen molar-refractivity contribution in [2.45, 2.75) is 11.8 Å². The van der Waals surface area contributed by atoms with E-state index >= 15 is 0 Å². The average molecular weight is 300 g/mol. The summed E-state index contributed by atoms with van der Waals surface area (Å²) in [4.78, 5) is 3.51. The highest BCUT2D eigenvalue weighted by Gasteiger charge is 2.11. The van der Waals surface area contributed by atoms with E-state index in [0.717, 1.165) is 36.8 Å². The summed E-state index contributed by atoms with van der Waals surface area (Å²) in [5, 5.41) is 3.37. The first-order chi connectivity index (χ1) is 10.3. The van der Waals surface area contributed by atoms with Gasteiger partial charge in [-0.2, -0.15) is 0 Å². The van der Waals surface area contributed by atoms with Gasteiger partial charge in [0.15, 0.2) is 0 Å². The van der Waals surface area contributed by atoms with E-state index in [0.29, 0.717) is 0 Å². The third kappa shape index (κ3) is 3.93. The van der Waals surface area contributed by atoms with Crippen LogP contribution in [0.5, 0.6) is 5.75 Å². The number of hydrogen-bond acceptors (Lipinski definition) is 4. The maximum absolute atomic E-state index is 5.84. The van der Waals surface area contributed by atoms with Crippen LogP contribution in [0.25, 0.3) is 0 Å². The lowest BCUT2D eigenvalue weighted by Gasteiger charge is -2.29. The molecule has 0 radical (unpaired) electrons. The fourth-order valence-electron chi connectivity index (χ4n) is 2.35. The molecular formula is C17H20N2OS. The molecule has 1 aliphatic heterocycles. The van der Waals surface area contributed by atoms with Gasteiger partial charge in [-0.1, -0.05) is 23.8 Å². The molecule has 3 rings (SSSR count). The minimum Gasteiger partial charge on any atom is -0.421 e. The first-order valence-corrected chi connectivity index (χ1v) is 8.02. The Bertz CT molecular complexity index is 580. The molecule has 2 aromatic rings. The second-order valence-electron chi connectivity index (χ2n) is 5.21. The van der Waals surface area contributed by atoms with E-state index in [9.17, 15) is 0 Å². The molecule has 0 amide bonds. The van der Waals surface area contributed by atoms with Crippen LogP contribution in [0.1, 0.15) is 5.56 Å². The van der Waals surface area contributed by atoms with Gasteiger partial charge >= 0.3 is 0 Å². The van der Waals surface area contributed by atoms with Gasteiger partial charge in [-0.15, -0.1) is 0 Å². The Kier molecular flexibility index (Phi) is 4.68.